The number of hydrogen-bond donors (Lipinski definition) is 1. The SMILES string of the molecule is Cc1ccc(-c2ccc(C(=O)N[C@H]3CN4CCC3CC4C)s2)cc1. The van der Waals surface area contributed by atoms with Crippen molar-refractivity contribution in [1.29, 1.82) is 0 Å². The molecule has 3 fully saturated rings. The number of carbonyl (C=O) groups is 1. The molecular weight excluding hydrogens is 316 g/mol. The number of carbonyl (C=O) groups excluding carboxylic acids is 1. The quantitative estimate of drug-likeness (QED) is 0.918. The Labute approximate surface area is 147 Å². The molecule has 3 nitrogen and oxygen atoms in total. The van der Waals surface area contributed by atoms with Crippen molar-refractivity contribution in [2.75, 3.05) is 13.1 Å². The zero-order chi connectivity index (χ0) is 16.7. The lowest BCUT2D eigenvalue weighted by molar-refractivity contribution is 0.0275. The van der Waals surface area contributed by atoms with Gasteiger partial charge in [0, 0.05) is 23.5 Å². The fraction of sp³-hybridized carbons (Fsp3) is 0.450. The van der Waals surface area contributed by atoms with Gasteiger partial charge in [-0.1, -0.05) is 29.8 Å². The highest BCUT2D eigenvalue weighted by Crippen LogP contribution is 2.33. The van der Waals surface area contributed by atoms with Crippen LogP contribution >= 0.6 is 11.3 Å². The maximum Gasteiger partial charge on any atom is 0.261 e. The second-order valence-electron chi connectivity index (χ2n) is 7.24. The Kier molecular flexibility index (Phi) is 4.19. The van der Waals surface area contributed by atoms with Gasteiger partial charge in [0.1, 0.15) is 0 Å². The van der Waals surface area contributed by atoms with Gasteiger partial charge < -0.3 is 5.32 Å². The van der Waals surface area contributed by atoms with E-state index in [1.165, 1.54) is 30.5 Å². The van der Waals surface area contributed by atoms with Gasteiger partial charge in [-0.2, -0.15) is 0 Å². The van der Waals surface area contributed by atoms with E-state index in [0.717, 1.165) is 16.3 Å². The predicted octanol–water partition coefficient (Wildman–Crippen LogP) is 3.94. The first-order valence-electron chi connectivity index (χ1n) is 8.82. The highest BCUT2D eigenvalue weighted by Gasteiger charge is 2.38. The van der Waals surface area contributed by atoms with Gasteiger partial charge >= 0.3 is 0 Å². The molecule has 1 aromatic carbocycles. The Morgan fingerprint density at radius 3 is 2.67 bits per heavy atom. The van der Waals surface area contributed by atoms with Gasteiger partial charge in [0.2, 0.25) is 0 Å². The average Bonchev–Trinajstić information content (AvgIpc) is 3.07. The molecule has 3 aliphatic rings. The fourth-order valence-corrected chi connectivity index (χ4v) is 4.95. The van der Waals surface area contributed by atoms with E-state index in [9.17, 15) is 4.79 Å². The van der Waals surface area contributed by atoms with Crippen LogP contribution in [0.4, 0.5) is 0 Å². The molecule has 24 heavy (non-hydrogen) atoms. The standard InChI is InChI=1S/C20H24N2OS/c1-13-3-5-15(6-4-13)18-7-8-19(24-18)20(23)21-17-12-22-10-9-16(17)11-14(22)2/h3-8,14,16-17H,9-12H2,1-2H3,(H,21,23)/t14?,16?,17-/m0/s1. The zero-order valence-corrected chi connectivity index (χ0v) is 15.1. The highest BCUT2D eigenvalue weighted by molar-refractivity contribution is 7.17. The molecule has 1 amide bonds. The van der Waals surface area contributed by atoms with Gasteiger partial charge in [0.25, 0.3) is 5.91 Å². The van der Waals surface area contributed by atoms with Gasteiger partial charge in [0.05, 0.1) is 4.88 Å². The lowest BCUT2D eigenvalue weighted by atomic mass is 9.80. The fourth-order valence-electron chi connectivity index (χ4n) is 4.03. The third-order valence-corrected chi connectivity index (χ3v) is 6.67. The topological polar surface area (TPSA) is 32.3 Å². The second kappa shape index (κ2) is 6.34. The van der Waals surface area contributed by atoms with Crippen molar-refractivity contribution >= 4 is 17.2 Å². The number of amides is 1. The minimum absolute atomic E-state index is 0.0877. The molecule has 4 heteroatoms. The maximum absolute atomic E-state index is 12.7. The Bertz CT molecular complexity index is 736. The van der Waals surface area contributed by atoms with Crippen LogP contribution in [0.1, 0.15) is 35.0 Å². The van der Waals surface area contributed by atoms with E-state index in [1.807, 2.05) is 6.07 Å². The molecule has 1 aromatic heterocycles. The van der Waals surface area contributed by atoms with E-state index in [2.05, 4.69) is 54.4 Å². The van der Waals surface area contributed by atoms with Crippen LogP contribution in [0.5, 0.6) is 0 Å². The number of piperidine rings is 3. The summed E-state index contributed by atoms with van der Waals surface area (Å²) < 4.78 is 0. The van der Waals surface area contributed by atoms with Crippen LogP contribution in [0.15, 0.2) is 36.4 Å². The molecule has 3 aliphatic heterocycles. The normalized spacial score (nSPS) is 28.8. The summed E-state index contributed by atoms with van der Waals surface area (Å²) in [5.74, 6) is 0.732. The Hall–Kier alpha value is -1.65. The largest absolute Gasteiger partial charge is 0.347 e. The van der Waals surface area contributed by atoms with Gasteiger partial charge in [-0.3, -0.25) is 9.69 Å². The summed E-state index contributed by atoms with van der Waals surface area (Å²) in [5, 5.41) is 3.29. The lowest BCUT2D eigenvalue weighted by Crippen LogP contribution is -2.60. The molecular formula is C20H24N2OS. The monoisotopic (exact) mass is 340 g/mol. The van der Waals surface area contributed by atoms with Gasteiger partial charge in [-0.05, 0) is 56.8 Å². The van der Waals surface area contributed by atoms with Crippen LogP contribution in [0.3, 0.4) is 0 Å². The second-order valence-corrected chi connectivity index (χ2v) is 8.32. The van der Waals surface area contributed by atoms with Crippen LogP contribution < -0.4 is 5.32 Å². The van der Waals surface area contributed by atoms with E-state index in [1.54, 1.807) is 11.3 Å². The molecule has 3 saturated heterocycles. The van der Waals surface area contributed by atoms with Crippen molar-refractivity contribution in [3.8, 4) is 10.4 Å². The summed E-state index contributed by atoms with van der Waals surface area (Å²) in [4.78, 5) is 17.1. The number of thiophene rings is 1. The molecule has 0 aliphatic carbocycles. The number of aryl methyl sites for hydroxylation is 1. The number of nitrogens with one attached hydrogen (secondary N) is 1. The first kappa shape index (κ1) is 15.9. The van der Waals surface area contributed by atoms with Crippen LogP contribution in [0, 0.1) is 12.8 Å². The van der Waals surface area contributed by atoms with Crippen LogP contribution in [0.2, 0.25) is 0 Å². The van der Waals surface area contributed by atoms with Gasteiger partial charge in [-0.25, -0.2) is 0 Å². The van der Waals surface area contributed by atoms with E-state index in [4.69, 9.17) is 0 Å². The molecule has 4 atom stereocenters. The number of benzene rings is 1. The van der Waals surface area contributed by atoms with Crippen molar-refractivity contribution in [3.05, 3.63) is 46.8 Å². The summed E-state index contributed by atoms with van der Waals surface area (Å²) in [6, 6.07) is 13.5. The van der Waals surface area contributed by atoms with E-state index in [0.29, 0.717) is 18.0 Å². The van der Waals surface area contributed by atoms with Crippen LogP contribution in [-0.2, 0) is 0 Å². The minimum Gasteiger partial charge on any atom is -0.347 e. The van der Waals surface area contributed by atoms with Crippen molar-refractivity contribution in [2.45, 2.75) is 38.8 Å². The lowest BCUT2D eigenvalue weighted by Gasteiger charge is -2.48. The van der Waals surface area contributed by atoms with Gasteiger partial charge in [0.15, 0.2) is 0 Å². The smallest absolute Gasteiger partial charge is 0.261 e. The minimum atomic E-state index is 0.0877. The van der Waals surface area contributed by atoms with E-state index in [-0.39, 0.29) is 5.91 Å². The van der Waals surface area contributed by atoms with Crippen molar-refractivity contribution in [2.24, 2.45) is 5.92 Å². The Morgan fingerprint density at radius 2 is 2.00 bits per heavy atom. The number of hydrogen-bond acceptors (Lipinski definition) is 3. The molecule has 2 bridgehead atoms. The Morgan fingerprint density at radius 1 is 1.21 bits per heavy atom. The third-order valence-electron chi connectivity index (χ3n) is 5.54. The molecule has 0 radical (unpaired) electrons. The summed E-state index contributed by atoms with van der Waals surface area (Å²) in [7, 11) is 0. The summed E-state index contributed by atoms with van der Waals surface area (Å²) in [6.07, 6.45) is 2.43. The highest BCUT2D eigenvalue weighted by atomic mass is 32.1. The molecule has 4 heterocycles. The maximum atomic E-state index is 12.7. The first-order chi connectivity index (χ1) is 11.6. The molecule has 1 N–H and O–H groups in total. The average molecular weight is 340 g/mol. The van der Waals surface area contributed by atoms with Crippen molar-refractivity contribution in [1.82, 2.24) is 10.2 Å². The molecule has 2 aromatic rings. The third kappa shape index (κ3) is 3.01. The van der Waals surface area contributed by atoms with Crippen LogP contribution in [0.25, 0.3) is 10.4 Å². The zero-order valence-electron chi connectivity index (χ0n) is 14.3. The number of fused-ring (bicyclic) bond motifs is 3. The summed E-state index contributed by atoms with van der Waals surface area (Å²) in [5.41, 5.74) is 2.44. The van der Waals surface area contributed by atoms with E-state index < -0.39 is 0 Å². The summed E-state index contributed by atoms with van der Waals surface area (Å²) in [6.45, 7) is 6.59. The number of rotatable bonds is 3. The summed E-state index contributed by atoms with van der Waals surface area (Å²) >= 11 is 1.58. The van der Waals surface area contributed by atoms with Crippen molar-refractivity contribution < 1.29 is 4.79 Å². The van der Waals surface area contributed by atoms with Gasteiger partial charge in [-0.15, -0.1) is 11.3 Å². The van der Waals surface area contributed by atoms with E-state index >= 15 is 0 Å². The molecule has 5 rings (SSSR count). The Balaban J connectivity index is 1.45. The first-order valence-corrected chi connectivity index (χ1v) is 9.63. The number of nitrogens with zero attached hydrogens (tertiary/aromatic N) is 1. The molecule has 3 unspecified atom stereocenters. The molecule has 0 spiro atoms. The predicted molar refractivity (Wildman–Crippen MR) is 99.5 cm³/mol. The van der Waals surface area contributed by atoms with Crippen LogP contribution in [-0.4, -0.2) is 36.0 Å². The van der Waals surface area contributed by atoms with Crippen molar-refractivity contribution in [3.63, 3.8) is 0 Å². The molecule has 126 valence electrons. The molecule has 0 saturated carbocycles.